The van der Waals surface area contributed by atoms with Crippen LogP contribution in [0.15, 0.2) is 84.9 Å². The number of benzene rings is 6. The number of carboxylic acids is 2. The lowest BCUT2D eigenvalue weighted by Crippen LogP contribution is -2.16. The molecule has 6 N–H and O–H groups in total. The van der Waals surface area contributed by atoms with Gasteiger partial charge in [-0.1, -0.05) is 126 Å². The third-order valence-corrected chi connectivity index (χ3v) is 19.0. The van der Waals surface area contributed by atoms with Crippen LogP contribution in [0.25, 0.3) is 0 Å². The maximum atomic E-state index is 12.4. The van der Waals surface area contributed by atoms with E-state index in [-0.39, 0.29) is 46.7 Å². The molecule has 0 aromatic heterocycles. The Hall–Kier alpha value is -6.94. The zero-order chi connectivity index (χ0) is 56.9. The zero-order valence-corrected chi connectivity index (χ0v) is 48.1. The lowest BCUT2D eigenvalue weighted by Gasteiger charge is -2.30. The van der Waals surface area contributed by atoms with Crippen LogP contribution < -0.4 is 9.47 Å². The third kappa shape index (κ3) is 12.9. The number of phenolic OH excluding ortho intramolecular Hbond substituents is 4. The fourth-order valence-electron chi connectivity index (χ4n) is 14.8. The molecule has 428 valence electrons. The van der Waals surface area contributed by atoms with Gasteiger partial charge in [-0.25, -0.2) is 9.59 Å². The number of ether oxygens (including phenoxy) is 2. The molecule has 0 amide bonds. The second-order valence-electron chi connectivity index (χ2n) is 24.6. The minimum Gasteiger partial charge on any atom is -0.508 e. The van der Waals surface area contributed by atoms with Gasteiger partial charge in [0, 0.05) is 23.0 Å². The van der Waals surface area contributed by atoms with Crippen LogP contribution in [-0.4, -0.2) is 55.8 Å². The predicted octanol–water partition coefficient (Wildman–Crippen LogP) is 16.8. The maximum Gasteiger partial charge on any atom is 0.341 e. The summed E-state index contributed by atoms with van der Waals surface area (Å²) in [6.07, 6.45) is 21.7. The number of carbonyl (C=O) groups is 2. The van der Waals surface area contributed by atoms with Gasteiger partial charge in [0.2, 0.25) is 0 Å². The second kappa shape index (κ2) is 25.5. The summed E-state index contributed by atoms with van der Waals surface area (Å²) < 4.78 is 12.6. The molecule has 0 atom stereocenters. The van der Waals surface area contributed by atoms with Gasteiger partial charge in [-0.2, -0.15) is 0 Å². The predicted molar refractivity (Wildman–Crippen MR) is 319 cm³/mol. The molecular weight excluding hydrogens is 1010 g/mol. The summed E-state index contributed by atoms with van der Waals surface area (Å²) >= 11 is 0. The van der Waals surface area contributed by atoms with Crippen molar-refractivity contribution in [2.45, 2.75) is 198 Å². The summed E-state index contributed by atoms with van der Waals surface area (Å²) in [6.45, 7) is 7.01. The largest absolute Gasteiger partial charge is 0.508 e. The molecule has 0 radical (unpaired) electrons. The quantitative estimate of drug-likeness (QED) is 0.0455. The first kappa shape index (κ1) is 57.3. The van der Waals surface area contributed by atoms with Crippen LogP contribution in [0.3, 0.4) is 0 Å². The fraction of sp³-hybridized carbons (Fsp3) is 0.465. The number of hydrogen-bond donors (Lipinski definition) is 6. The van der Waals surface area contributed by atoms with E-state index in [1.54, 1.807) is 0 Å². The number of phenols is 4. The van der Waals surface area contributed by atoms with E-state index in [9.17, 15) is 40.2 Å². The molecule has 4 aliphatic carbocycles. The van der Waals surface area contributed by atoms with Gasteiger partial charge in [0.25, 0.3) is 0 Å². The van der Waals surface area contributed by atoms with Crippen LogP contribution in [0, 0.1) is 27.7 Å². The van der Waals surface area contributed by atoms with Gasteiger partial charge in [-0.3, -0.25) is 0 Å². The Labute approximate surface area is 479 Å². The van der Waals surface area contributed by atoms with Gasteiger partial charge in [0.1, 0.15) is 34.5 Å². The highest BCUT2D eigenvalue weighted by Crippen LogP contribution is 2.51. The summed E-state index contributed by atoms with van der Waals surface area (Å²) in [6, 6.07) is 28.3. The Morgan fingerprint density at radius 2 is 0.642 bits per heavy atom. The molecule has 0 saturated heterocycles. The lowest BCUT2D eigenvalue weighted by atomic mass is 9.75. The van der Waals surface area contributed by atoms with Crippen molar-refractivity contribution in [1.29, 1.82) is 0 Å². The first-order chi connectivity index (χ1) is 39.1. The highest BCUT2D eigenvalue weighted by Gasteiger charge is 2.33. The van der Waals surface area contributed by atoms with E-state index in [4.69, 9.17) is 9.47 Å². The second-order valence-corrected chi connectivity index (χ2v) is 24.6. The molecule has 10 heteroatoms. The third-order valence-electron chi connectivity index (χ3n) is 19.0. The maximum absolute atomic E-state index is 12.4. The Morgan fingerprint density at radius 3 is 0.889 bits per heavy atom. The summed E-state index contributed by atoms with van der Waals surface area (Å²) in [4.78, 5) is 24.7. The minimum absolute atomic E-state index is 0.195. The van der Waals surface area contributed by atoms with E-state index >= 15 is 0 Å². The number of aliphatic carboxylic acids is 2. The van der Waals surface area contributed by atoms with Crippen molar-refractivity contribution in [3.63, 3.8) is 0 Å². The van der Waals surface area contributed by atoms with Gasteiger partial charge in [0.05, 0.1) is 0 Å². The molecule has 10 rings (SSSR count). The van der Waals surface area contributed by atoms with Crippen LogP contribution in [0.5, 0.6) is 34.5 Å². The topological polar surface area (TPSA) is 174 Å². The Kier molecular flexibility index (Phi) is 18.0. The standard InChI is InChI=1S/C71H84O10/c1-42-29-62(72)56(48-17-9-5-10-18-48)36-52(42)70(53-37-57(63(73)30-43(53)2)49-19-11-6-12-20-49)60-34-46(25-27-66(60)80-40-68(76)77)33-47-26-28-67(81-41-69(78)79)61(35-47)71(54-38-58(64(74)31-44(54)3)50-21-13-7-14-22-50)55-39-59(65(75)32-45(55)4)51-23-15-8-16-24-51/h25-32,34-39,48-51,70-75H,5-24,33,40-41H2,1-4H3,(H,76,77)(H,78,79). The molecule has 10 nitrogen and oxygen atoms in total. The molecule has 0 spiro atoms. The Bertz CT molecular complexity index is 2880. The smallest absolute Gasteiger partial charge is 0.341 e. The van der Waals surface area contributed by atoms with E-state index in [2.05, 4.69) is 36.4 Å². The fourth-order valence-corrected chi connectivity index (χ4v) is 14.8. The highest BCUT2D eigenvalue weighted by atomic mass is 16.5. The van der Waals surface area contributed by atoms with Crippen LogP contribution in [0.1, 0.15) is 253 Å². The SMILES string of the molecule is Cc1cc(O)c(C2CCCCC2)cc1C(c1cc(C2CCCCC2)c(O)cc1C)c1cc(Cc2ccc(OCC(=O)O)c(C(c3cc(C4CCCCC4)c(O)cc3C)c3cc(C4CCCCC4)c(O)cc3C)c2)ccc1OCC(=O)O. The van der Waals surface area contributed by atoms with Crippen molar-refractivity contribution >= 4 is 11.9 Å². The number of aryl methyl sites for hydroxylation is 4. The number of rotatable bonds is 18. The molecule has 0 aliphatic heterocycles. The molecule has 0 bridgehead atoms. The first-order valence-electron chi connectivity index (χ1n) is 30.4. The highest BCUT2D eigenvalue weighted by molar-refractivity contribution is 5.70. The van der Waals surface area contributed by atoms with E-state index in [1.165, 1.54) is 25.7 Å². The van der Waals surface area contributed by atoms with E-state index in [0.29, 0.717) is 17.9 Å². The van der Waals surface area contributed by atoms with Gasteiger partial charge < -0.3 is 40.1 Å². The number of hydrogen-bond acceptors (Lipinski definition) is 8. The van der Waals surface area contributed by atoms with Gasteiger partial charge in [-0.15, -0.1) is 0 Å². The average Bonchev–Trinajstić information content (AvgIpc) is 3.58. The molecule has 6 aromatic carbocycles. The molecule has 6 aromatic rings. The molecular formula is C71H84O10. The van der Waals surface area contributed by atoms with Crippen molar-refractivity contribution in [3.05, 3.63) is 174 Å². The Balaban J connectivity index is 1.16. The lowest BCUT2D eigenvalue weighted by molar-refractivity contribution is -0.140. The molecule has 4 aliphatic rings. The van der Waals surface area contributed by atoms with E-state index in [0.717, 1.165) is 192 Å². The van der Waals surface area contributed by atoms with Crippen LogP contribution in [-0.2, 0) is 16.0 Å². The monoisotopic (exact) mass is 1100 g/mol. The van der Waals surface area contributed by atoms with Crippen molar-refractivity contribution in [3.8, 4) is 34.5 Å². The molecule has 81 heavy (non-hydrogen) atoms. The Morgan fingerprint density at radius 1 is 0.383 bits per heavy atom. The number of aromatic hydroxyl groups is 4. The first-order valence-corrected chi connectivity index (χ1v) is 30.4. The van der Waals surface area contributed by atoms with Crippen molar-refractivity contribution < 1.29 is 49.7 Å². The normalized spacial score (nSPS) is 17.0. The van der Waals surface area contributed by atoms with Crippen molar-refractivity contribution in [2.75, 3.05) is 13.2 Å². The van der Waals surface area contributed by atoms with Gasteiger partial charge in [-0.05, 0) is 223 Å². The van der Waals surface area contributed by atoms with E-state index in [1.807, 2.05) is 76.2 Å². The average molecular weight is 1100 g/mol. The van der Waals surface area contributed by atoms with Crippen LogP contribution in [0.4, 0.5) is 0 Å². The molecule has 4 saturated carbocycles. The van der Waals surface area contributed by atoms with E-state index < -0.39 is 37.0 Å². The van der Waals surface area contributed by atoms with Gasteiger partial charge in [0.15, 0.2) is 13.2 Å². The summed E-state index contributed by atoms with van der Waals surface area (Å²) in [5, 5.41) is 67.0. The molecule has 0 unspecified atom stereocenters. The van der Waals surface area contributed by atoms with Crippen molar-refractivity contribution in [1.82, 2.24) is 0 Å². The molecule has 4 fully saturated rings. The molecule has 0 heterocycles. The van der Waals surface area contributed by atoms with Crippen LogP contribution >= 0.6 is 0 Å². The summed E-state index contributed by atoms with van der Waals surface area (Å²) in [5.74, 6) is -0.396. The minimum atomic E-state index is -1.10. The van der Waals surface area contributed by atoms with Crippen molar-refractivity contribution in [2.24, 2.45) is 0 Å². The zero-order valence-electron chi connectivity index (χ0n) is 48.1. The van der Waals surface area contributed by atoms with Crippen LogP contribution in [0.2, 0.25) is 0 Å². The summed E-state index contributed by atoms with van der Waals surface area (Å²) in [5.41, 5.74) is 14.5. The van der Waals surface area contributed by atoms with Gasteiger partial charge >= 0.3 is 11.9 Å². The number of carboxylic acid groups (broad SMARTS) is 2. The summed E-state index contributed by atoms with van der Waals surface area (Å²) in [7, 11) is 0.